The molecule has 0 aromatic carbocycles. The molecule has 0 aliphatic carbocycles. The summed E-state index contributed by atoms with van der Waals surface area (Å²) in [6, 6.07) is 0. The Balaban J connectivity index is -0.000000643. The average Bonchev–Trinajstić information content (AvgIpc) is 2.35. The summed E-state index contributed by atoms with van der Waals surface area (Å²) in [6.07, 6.45) is -1.96. The number of likely N-dealkylation sites (N-methyl/N-ethyl adjacent to an activating group) is 1. The molecule has 152 valence electrons. The van der Waals surface area contributed by atoms with Crippen molar-refractivity contribution in [3.63, 3.8) is 0 Å². The molecule has 0 spiro atoms. The molecule has 12 nitrogen and oxygen atoms in total. The van der Waals surface area contributed by atoms with Crippen molar-refractivity contribution in [2.75, 3.05) is 34.3 Å². The average molecular weight is 383 g/mol. The van der Waals surface area contributed by atoms with E-state index in [-0.39, 0.29) is 6.61 Å². The molecule has 26 heavy (non-hydrogen) atoms. The Hall–Kier alpha value is -2.73. The predicted octanol–water partition coefficient (Wildman–Crippen LogP) is -2.63. The van der Waals surface area contributed by atoms with Gasteiger partial charge in [0.05, 0.1) is 34.0 Å². The maximum atomic E-state index is 11.4. The van der Waals surface area contributed by atoms with Crippen molar-refractivity contribution < 1.29 is 58.7 Å². The molecule has 1 atom stereocenters. The smallest absolute Gasteiger partial charge is 0.336 e. The van der Waals surface area contributed by atoms with Gasteiger partial charge in [0.25, 0.3) is 5.97 Å². The number of carbonyl (C=O) groups excluding carboxylic acids is 2. The van der Waals surface area contributed by atoms with E-state index in [1.54, 1.807) is 0 Å². The second-order valence-electron chi connectivity index (χ2n) is 5.93. The molecule has 1 unspecified atom stereocenters. The summed E-state index contributed by atoms with van der Waals surface area (Å²) in [6.45, 7) is 1.15. The van der Waals surface area contributed by atoms with Crippen molar-refractivity contribution in [3.8, 4) is 0 Å². The van der Waals surface area contributed by atoms with Crippen LogP contribution in [0, 0.1) is 0 Å². The number of esters is 1. The van der Waals surface area contributed by atoms with Crippen molar-refractivity contribution >= 4 is 30.3 Å². The highest BCUT2D eigenvalue weighted by Gasteiger charge is 2.41. The number of carboxylic acid groups (broad SMARTS) is 4. The lowest BCUT2D eigenvalue weighted by Crippen LogP contribution is -2.43. The second-order valence-corrected chi connectivity index (χ2v) is 5.93. The van der Waals surface area contributed by atoms with Gasteiger partial charge >= 0.3 is 17.9 Å². The molecule has 0 heterocycles. The Bertz CT molecular complexity index is 480. The van der Waals surface area contributed by atoms with Crippen LogP contribution >= 0.6 is 0 Å². The third kappa shape index (κ3) is 21.3. The van der Waals surface area contributed by atoms with E-state index in [4.69, 9.17) is 34.8 Å². The highest BCUT2D eigenvalue weighted by atomic mass is 16.5. The maximum Gasteiger partial charge on any atom is 0.336 e. The van der Waals surface area contributed by atoms with Crippen LogP contribution in [0.15, 0.2) is 0 Å². The number of aliphatic hydroxyl groups is 1. The number of hydrogen-bond donors (Lipinski definition) is 4. The first kappa shape index (κ1) is 28.1. The number of carboxylic acids is 3. The van der Waals surface area contributed by atoms with Gasteiger partial charge in [-0.15, -0.1) is 0 Å². The van der Waals surface area contributed by atoms with Crippen LogP contribution in [-0.2, 0) is 28.7 Å². The molecule has 0 bridgehead atoms. The predicted molar refractivity (Wildman–Crippen MR) is 82.7 cm³/mol. The van der Waals surface area contributed by atoms with Gasteiger partial charge in [0.1, 0.15) is 13.2 Å². The van der Waals surface area contributed by atoms with Gasteiger partial charge in [-0.25, -0.2) is 4.79 Å². The third-order valence-electron chi connectivity index (χ3n) is 2.30. The lowest BCUT2D eigenvalue weighted by molar-refractivity contribution is -0.870. The maximum absolute atomic E-state index is 11.4. The number of hydrogen-bond acceptors (Lipinski definition) is 8. The molecule has 4 N–H and O–H groups in total. The lowest BCUT2D eigenvalue weighted by atomic mass is 9.96. The minimum atomic E-state index is -2.64. The van der Waals surface area contributed by atoms with Crippen molar-refractivity contribution in [2.24, 2.45) is 0 Å². The van der Waals surface area contributed by atoms with Gasteiger partial charge in [-0.05, 0) is 0 Å². The van der Waals surface area contributed by atoms with E-state index in [0.29, 0.717) is 11.0 Å². The Morgan fingerprint density at radius 2 is 1.46 bits per heavy atom. The summed E-state index contributed by atoms with van der Waals surface area (Å²) in [4.78, 5) is 49.9. The number of carbonyl (C=O) groups is 5. The number of aliphatic carboxylic acids is 3. The summed E-state index contributed by atoms with van der Waals surface area (Å²) in [5, 5.41) is 42.5. The molecule has 0 aromatic rings. The Labute approximate surface area is 149 Å². The molecule has 0 saturated carbocycles. The lowest BCUT2D eigenvalue weighted by Gasteiger charge is -2.24. The molecule has 0 fully saturated rings. The summed E-state index contributed by atoms with van der Waals surface area (Å²) >= 11 is 0. The van der Waals surface area contributed by atoms with Crippen molar-refractivity contribution in [2.45, 2.75) is 25.4 Å². The Kier molecular flexibility index (Phi) is 14.6. The minimum Gasteiger partial charge on any atom is -0.554 e. The standard InChI is InChI=1S/C11H19NO7.C2H4O2.CH2O2/c1-12(2,3)4-5-19-9(15)7-11(18,10(16)17)6-8(13)14;1-2(3)4;2-1-3/h18H,4-7H2,1-3H3,(H-,13,14,16,17);1H3,(H,3,4);1H,(H,2,3). The van der Waals surface area contributed by atoms with E-state index < -0.39 is 48.8 Å². The van der Waals surface area contributed by atoms with Crippen LogP contribution in [0.2, 0.25) is 0 Å². The topological polar surface area (TPSA) is 199 Å². The van der Waals surface area contributed by atoms with Gasteiger partial charge in [0.15, 0.2) is 5.60 Å². The van der Waals surface area contributed by atoms with Crippen LogP contribution in [0.4, 0.5) is 0 Å². The van der Waals surface area contributed by atoms with Crippen LogP contribution in [-0.4, -0.2) is 95.2 Å². The minimum absolute atomic E-state index is 0.0606. The van der Waals surface area contributed by atoms with E-state index >= 15 is 0 Å². The van der Waals surface area contributed by atoms with Gasteiger partial charge in [-0.1, -0.05) is 0 Å². The molecule has 0 amide bonds. The second kappa shape index (κ2) is 13.5. The normalized spacial score (nSPS) is 12.0. The molecular weight excluding hydrogens is 358 g/mol. The van der Waals surface area contributed by atoms with E-state index in [0.717, 1.165) is 6.92 Å². The van der Waals surface area contributed by atoms with E-state index in [9.17, 15) is 19.5 Å². The fraction of sp³-hybridized carbons (Fsp3) is 0.643. The van der Waals surface area contributed by atoms with Crippen LogP contribution < -0.4 is 5.11 Å². The molecule has 0 radical (unpaired) electrons. The first-order valence-electron chi connectivity index (χ1n) is 7.00. The molecule has 0 aliphatic heterocycles. The fourth-order valence-corrected chi connectivity index (χ4v) is 1.19. The van der Waals surface area contributed by atoms with Crippen LogP contribution in [0.1, 0.15) is 19.8 Å². The molecule has 0 aliphatic rings. The highest BCUT2D eigenvalue weighted by Crippen LogP contribution is 2.17. The number of ether oxygens (including phenoxy) is 1. The quantitative estimate of drug-likeness (QED) is 0.194. The van der Waals surface area contributed by atoms with Crippen molar-refractivity contribution in [3.05, 3.63) is 0 Å². The summed E-state index contributed by atoms with van der Waals surface area (Å²) < 4.78 is 5.32. The largest absolute Gasteiger partial charge is 0.554 e. The van der Waals surface area contributed by atoms with Gasteiger partial charge in [-0.2, -0.15) is 0 Å². The molecular formula is C14H25NO11. The van der Waals surface area contributed by atoms with E-state index in [2.05, 4.69) is 0 Å². The number of rotatable bonds is 8. The third-order valence-corrected chi connectivity index (χ3v) is 2.30. The number of nitrogens with zero attached hydrogens (tertiary/aromatic N) is 1. The van der Waals surface area contributed by atoms with Gasteiger partial charge < -0.3 is 39.5 Å². The van der Waals surface area contributed by atoms with Crippen molar-refractivity contribution in [1.82, 2.24) is 0 Å². The van der Waals surface area contributed by atoms with E-state index in [1.807, 2.05) is 21.1 Å². The van der Waals surface area contributed by atoms with Crippen molar-refractivity contribution in [1.29, 1.82) is 0 Å². The van der Waals surface area contributed by atoms with Crippen LogP contribution in [0.3, 0.4) is 0 Å². The molecule has 0 aromatic heterocycles. The van der Waals surface area contributed by atoms with Gasteiger partial charge in [-0.3, -0.25) is 14.4 Å². The fourth-order valence-electron chi connectivity index (χ4n) is 1.19. The Morgan fingerprint density at radius 3 is 1.73 bits per heavy atom. The first-order chi connectivity index (χ1) is 11.6. The summed E-state index contributed by atoms with van der Waals surface area (Å²) in [5.41, 5.74) is -2.64. The van der Waals surface area contributed by atoms with Crippen LogP contribution in [0.5, 0.6) is 0 Å². The zero-order chi connectivity index (χ0) is 21.6. The van der Waals surface area contributed by atoms with Crippen LogP contribution in [0.25, 0.3) is 0 Å². The molecule has 12 heteroatoms. The SMILES string of the molecule is CC(=O)O.C[N+](C)(C)CCOC(=O)CC(O)(CC(=O)O)C(=O)O.O=C[O-]. The monoisotopic (exact) mass is 383 g/mol. The summed E-state index contributed by atoms with van der Waals surface area (Å²) in [7, 11) is 5.64. The first-order valence-corrected chi connectivity index (χ1v) is 7.00. The van der Waals surface area contributed by atoms with E-state index in [1.165, 1.54) is 0 Å². The molecule has 0 saturated heterocycles. The van der Waals surface area contributed by atoms with Gasteiger partial charge in [0, 0.05) is 13.4 Å². The summed E-state index contributed by atoms with van der Waals surface area (Å²) in [5.74, 6) is -5.05. The molecule has 0 rings (SSSR count). The van der Waals surface area contributed by atoms with Gasteiger partial charge in [0.2, 0.25) is 0 Å². The number of quaternary nitrogens is 1. The zero-order valence-electron chi connectivity index (χ0n) is 15.0. The zero-order valence-corrected chi connectivity index (χ0v) is 15.0. The Morgan fingerprint density at radius 1 is 1.08 bits per heavy atom. The highest BCUT2D eigenvalue weighted by molar-refractivity contribution is 5.88.